The second-order valence-electron chi connectivity index (χ2n) is 6.10. The Morgan fingerprint density at radius 2 is 1.79 bits per heavy atom. The lowest BCUT2D eigenvalue weighted by Crippen LogP contribution is -2.46. The van der Waals surface area contributed by atoms with Crippen molar-refractivity contribution >= 4 is 11.9 Å². The zero-order valence-electron chi connectivity index (χ0n) is 12.9. The molecule has 1 amide bonds. The minimum Gasteiger partial charge on any atom is -0.481 e. The molecule has 1 fully saturated rings. The third-order valence-electron chi connectivity index (χ3n) is 4.07. The van der Waals surface area contributed by atoms with Crippen molar-refractivity contribution < 1.29 is 32.3 Å². The van der Waals surface area contributed by atoms with Crippen LogP contribution in [0.25, 0.3) is 0 Å². The summed E-state index contributed by atoms with van der Waals surface area (Å²) in [4.78, 5) is 24.5. The molecule has 0 saturated carbocycles. The van der Waals surface area contributed by atoms with Crippen molar-refractivity contribution in [3.63, 3.8) is 0 Å². The van der Waals surface area contributed by atoms with Crippen LogP contribution in [-0.4, -0.2) is 35.0 Å². The number of hydrogen-bond donors (Lipinski definition) is 1. The zero-order valence-corrected chi connectivity index (χ0v) is 12.9. The van der Waals surface area contributed by atoms with Crippen LogP contribution in [0.2, 0.25) is 0 Å². The van der Waals surface area contributed by atoms with Gasteiger partial charge in [0.25, 0.3) is 5.91 Å². The number of carboxylic acids is 1. The van der Waals surface area contributed by atoms with Gasteiger partial charge in [0, 0.05) is 13.1 Å². The summed E-state index contributed by atoms with van der Waals surface area (Å²) in [6, 6.07) is 3.28. The lowest BCUT2D eigenvalue weighted by molar-refractivity contribution is -0.148. The molecule has 1 saturated heterocycles. The van der Waals surface area contributed by atoms with Gasteiger partial charge in [-0.25, -0.2) is 4.39 Å². The molecule has 0 spiro atoms. The summed E-state index contributed by atoms with van der Waals surface area (Å²) in [7, 11) is 0. The average Bonchev–Trinajstić information content (AvgIpc) is 2.52. The Morgan fingerprint density at radius 1 is 1.21 bits per heavy atom. The van der Waals surface area contributed by atoms with Gasteiger partial charge in [-0.05, 0) is 30.0 Å². The molecule has 0 radical (unpaired) electrons. The molecule has 3 unspecified atom stereocenters. The Hall–Kier alpha value is -2.12. The van der Waals surface area contributed by atoms with Crippen molar-refractivity contribution in [2.75, 3.05) is 13.1 Å². The summed E-state index contributed by atoms with van der Waals surface area (Å²) >= 11 is 0. The van der Waals surface area contributed by atoms with E-state index < -0.39 is 35.7 Å². The van der Waals surface area contributed by atoms with Crippen molar-refractivity contribution in [1.82, 2.24) is 4.90 Å². The average molecular weight is 347 g/mol. The molecule has 4 nitrogen and oxygen atoms in total. The molecule has 8 heteroatoms. The molecule has 1 aliphatic heterocycles. The molecule has 3 atom stereocenters. The first-order valence-corrected chi connectivity index (χ1v) is 7.42. The van der Waals surface area contributed by atoms with E-state index in [9.17, 15) is 27.2 Å². The zero-order chi connectivity index (χ0) is 18.1. The number of alkyl halides is 4. The lowest BCUT2D eigenvalue weighted by Gasteiger charge is -2.35. The summed E-state index contributed by atoms with van der Waals surface area (Å²) in [6.07, 6.45) is -6.26. The number of benzene rings is 1. The van der Waals surface area contributed by atoms with E-state index in [1.807, 2.05) is 0 Å². The maximum atomic E-state index is 14.4. The largest absolute Gasteiger partial charge is 0.481 e. The summed E-state index contributed by atoms with van der Waals surface area (Å²) in [5, 5.41) is 9.08. The second-order valence-corrected chi connectivity index (χ2v) is 6.10. The number of carbonyl (C=O) groups excluding carboxylic acids is 1. The van der Waals surface area contributed by atoms with Crippen LogP contribution in [-0.2, 0) is 15.8 Å². The number of nitrogens with zero attached hydrogens (tertiary/aromatic N) is 1. The number of amides is 1. The van der Waals surface area contributed by atoms with E-state index in [2.05, 4.69) is 0 Å². The molecule has 0 aliphatic carbocycles. The lowest BCUT2D eigenvalue weighted by atomic mass is 9.90. The fraction of sp³-hybridized carbons (Fsp3) is 0.500. The smallest absolute Gasteiger partial charge is 0.416 e. The summed E-state index contributed by atoms with van der Waals surface area (Å²) in [6.45, 7) is 1.89. The number of likely N-dealkylation sites (tertiary alicyclic amines) is 1. The van der Waals surface area contributed by atoms with Crippen molar-refractivity contribution in [3.05, 3.63) is 35.4 Å². The van der Waals surface area contributed by atoms with Gasteiger partial charge in [-0.1, -0.05) is 19.1 Å². The molecule has 1 aromatic carbocycles. The van der Waals surface area contributed by atoms with Crippen molar-refractivity contribution in [2.24, 2.45) is 11.8 Å². The highest BCUT2D eigenvalue weighted by Gasteiger charge is 2.36. The van der Waals surface area contributed by atoms with Crippen LogP contribution < -0.4 is 0 Å². The maximum Gasteiger partial charge on any atom is 0.416 e. The molecule has 132 valence electrons. The quantitative estimate of drug-likeness (QED) is 0.854. The first kappa shape index (κ1) is 18.2. The van der Waals surface area contributed by atoms with E-state index in [0.717, 1.165) is 17.0 Å². The van der Waals surface area contributed by atoms with Crippen LogP contribution in [0.4, 0.5) is 17.6 Å². The van der Waals surface area contributed by atoms with Crippen molar-refractivity contribution in [1.29, 1.82) is 0 Å². The number of rotatable bonds is 3. The summed E-state index contributed by atoms with van der Waals surface area (Å²) < 4.78 is 51.9. The van der Waals surface area contributed by atoms with Gasteiger partial charge in [-0.2, -0.15) is 13.2 Å². The molecular weight excluding hydrogens is 330 g/mol. The van der Waals surface area contributed by atoms with E-state index in [4.69, 9.17) is 5.11 Å². The Morgan fingerprint density at radius 3 is 2.29 bits per heavy atom. The van der Waals surface area contributed by atoms with Crippen LogP contribution in [0, 0.1) is 11.8 Å². The van der Waals surface area contributed by atoms with E-state index in [1.54, 1.807) is 6.92 Å². The monoisotopic (exact) mass is 347 g/mol. The van der Waals surface area contributed by atoms with Crippen molar-refractivity contribution in [2.45, 2.75) is 25.7 Å². The fourth-order valence-corrected chi connectivity index (χ4v) is 2.85. The van der Waals surface area contributed by atoms with Gasteiger partial charge in [-0.3, -0.25) is 9.59 Å². The third-order valence-corrected chi connectivity index (χ3v) is 4.07. The number of carbonyl (C=O) groups is 2. The van der Waals surface area contributed by atoms with E-state index in [-0.39, 0.29) is 24.6 Å². The normalized spacial score (nSPS) is 23.0. The van der Waals surface area contributed by atoms with Crippen LogP contribution >= 0.6 is 0 Å². The van der Waals surface area contributed by atoms with E-state index >= 15 is 0 Å². The third kappa shape index (κ3) is 4.04. The minimum atomic E-state index is -4.54. The van der Waals surface area contributed by atoms with Crippen LogP contribution in [0.15, 0.2) is 24.3 Å². The minimum absolute atomic E-state index is 0.0939. The number of aliphatic carboxylic acids is 1. The molecule has 1 aliphatic rings. The highest BCUT2D eigenvalue weighted by Crippen LogP contribution is 2.31. The van der Waals surface area contributed by atoms with Crippen LogP contribution in [0.1, 0.15) is 30.6 Å². The molecule has 1 aromatic rings. The number of hydrogen-bond acceptors (Lipinski definition) is 2. The second kappa shape index (κ2) is 6.78. The molecule has 0 bridgehead atoms. The Labute approximate surface area is 136 Å². The van der Waals surface area contributed by atoms with Gasteiger partial charge < -0.3 is 10.0 Å². The number of carboxylic acid groups (broad SMARTS) is 1. The van der Waals surface area contributed by atoms with Gasteiger partial charge in [0.05, 0.1) is 11.5 Å². The van der Waals surface area contributed by atoms with Gasteiger partial charge in [0.1, 0.15) is 0 Å². The first-order chi connectivity index (χ1) is 11.1. The predicted molar refractivity (Wildman–Crippen MR) is 76.8 cm³/mol. The number of halogens is 4. The fourth-order valence-electron chi connectivity index (χ4n) is 2.85. The van der Waals surface area contributed by atoms with E-state index in [1.165, 1.54) is 0 Å². The highest BCUT2D eigenvalue weighted by molar-refractivity contribution is 5.83. The first-order valence-electron chi connectivity index (χ1n) is 7.42. The molecule has 24 heavy (non-hydrogen) atoms. The Bertz CT molecular complexity index is 615. The van der Waals surface area contributed by atoms with Crippen LogP contribution in [0.3, 0.4) is 0 Å². The Balaban J connectivity index is 2.12. The van der Waals surface area contributed by atoms with Gasteiger partial charge in [0.2, 0.25) is 6.17 Å². The standard InChI is InChI=1S/C16H17F4NO3/c1-9-6-11(15(23)24)8-21(7-9)14(22)13(17)10-2-4-12(5-3-10)16(18,19)20/h2-5,9,11,13H,6-8H2,1H3,(H,23,24). The molecular formula is C16H17F4NO3. The maximum absolute atomic E-state index is 14.4. The highest BCUT2D eigenvalue weighted by atomic mass is 19.4. The molecule has 1 N–H and O–H groups in total. The predicted octanol–water partition coefficient (Wildman–Crippen LogP) is 3.29. The SMILES string of the molecule is CC1CC(C(=O)O)CN(C(=O)C(F)c2ccc(C(F)(F)F)cc2)C1. The van der Waals surface area contributed by atoms with Gasteiger partial charge in [0.15, 0.2) is 0 Å². The van der Waals surface area contributed by atoms with E-state index in [0.29, 0.717) is 18.6 Å². The topological polar surface area (TPSA) is 57.6 Å². The van der Waals surface area contributed by atoms with Crippen molar-refractivity contribution in [3.8, 4) is 0 Å². The molecule has 1 heterocycles. The molecule has 0 aromatic heterocycles. The van der Waals surface area contributed by atoms with Crippen LogP contribution in [0.5, 0.6) is 0 Å². The molecule has 2 rings (SSSR count). The summed E-state index contributed by atoms with van der Waals surface area (Å²) in [5.41, 5.74) is -1.11. The summed E-state index contributed by atoms with van der Waals surface area (Å²) in [5.74, 6) is -2.84. The van der Waals surface area contributed by atoms with Gasteiger partial charge >= 0.3 is 12.1 Å². The van der Waals surface area contributed by atoms with Gasteiger partial charge in [-0.15, -0.1) is 0 Å². The Kier molecular flexibility index (Phi) is 5.15. The number of piperidine rings is 1.